The molecule has 2 aliphatic heterocycles. The van der Waals surface area contributed by atoms with E-state index in [-0.39, 0.29) is 24.0 Å². The Morgan fingerprint density at radius 2 is 2.03 bits per heavy atom. The highest BCUT2D eigenvalue weighted by molar-refractivity contribution is 6.02. The first-order valence-corrected chi connectivity index (χ1v) is 13.0. The van der Waals surface area contributed by atoms with Crippen LogP contribution >= 0.6 is 0 Å². The van der Waals surface area contributed by atoms with E-state index in [1.54, 1.807) is 13.3 Å². The second kappa shape index (κ2) is 9.47. The quantitative estimate of drug-likeness (QED) is 0.445. The fourth-order valence-electron chi connectivity index (χ4n) is 6.54. The molecule has 2 fully saturated rings. The molecular formula is C30H37N3O3. The van der Waals surface area contributed by atoms with Crippen LogP contribution in [0.1, 0.15) is 63.6 Å². The average Bonchev–Trinajstić information content (AvgIpc) is 3.28. The fourth-order valence-corrected chi connectivity index (χ4v) is 6.54. The van der Waals surface area contributed by atoms with E-state index in [0.717, 1.165) is 30.0 Å². The molecular weight excluding hydrogens is 450 g/mol. The first-order valence-electron chi connectivity index (χ1n) is 13.0. The smallest absolute Gasteiger partial charge is 0.232 e. The number of likely N-dealkylation sites (tertiary alicyclic amines) is 1. The number of hydrogen-bond acceptors (Lipinski definition) is 5. The molecule has 190 valence electrons. The van der Waals surface area contributed by atoms with Crippen LogP contribution in [-0.2, 0) is 16.1 Å². The number of amides is 1. The van der Waals surface area contributed by atoms with Crippen LogP contribution in [0, 0.1) is 17.3 Å². The van der Waals surface area contributed by atoms with Gasteiger partial charge in [0.25, 0.3) is 0 Å². The zero-order valence-corrected chi connectivity index (χ0v) is 21.8. The van der Waals surface area contributed by atoms with Crippen molar-refractivity contribution < 1.29 is 14.3 Å². The van der Waals surface area contributed by atoms with Gasteiger partial charge in [0.15, 0.2) is 12.0 Å². The zero-order chi connectivity index (χ0) is 25.5. The van der Waals surface area contributed by atoms with Gasteiger partial charge in [-0.05, 0) is 66.8 Å². The summed E-state index contributed by atoms with van der Waals surface area (Å²) in [7, 11) is 1.68. The number of benzene rings is 1. The Kier molecular flexibility index (Phi) is 6.50. The second-order valence-electron chi connectivity index (χ2n) is 11.0. The third kappa shape index (κ3) is 3.96. The third-order valence-electron chi connectivity index (χ3n) is 8.40. The van der Waals surface area contributed by atoms with Gasteiger partial charge in [-0.2, -0.15) is 0 Å². The first kappa shape index (κ1) is 24.7. The average molecular weight is 488 g/mol. The van der Waals surface area contributed by atoms with Crippen molar-refractivity contribution in [2.24, 2.45) is 22.2 Å². The maximum absolute atomic E-state index is 14.5. The van der Waals surface area contributed by atoms with Crippen LogP contribution < -0.4 is 4.74 Å². The Morgan fingerprint density at radius 1 is 1.25 bits per heavy atom. The number of carbonyl (C=O) groups is 1. The van der Waals surface area contributed by atoms with Crippen molar-refractivity contribution in [1.82, 2.24) is 9.88 Å². The van der Waals surface area contributed by atoms with Crippen LogP contribution in [0.5, 0.6) is 5.75 Å². The molecule has 1 aromatic carbocycles. The Labute approximate surface area is 214 Å². The van der Waals surface area contributed by atoms with Gasteiger partial charge in [0.2, 0.25) is 5.91 Å². The predicted octanol–water partition coefficient (Wildman–Crippen LogP) is 5.75. The van der Waals surface area contributed by atoms with Gasteiger partial charge in [-0.1, -0.05) is 45.0 Å². The maximum Gasteiger partial charge on any atom is 0.232 e. The number of hydrogen-bond donors (Lipinski definition) is 0. The topological polar surface area (TPSA) is 64.0 Å². The number of aliphatic imine (C=N–C) groups is 1. The Morgan fingerprint density at radius 3 is 2.67 bits per heavy atom. The summed E-state index contributed by atoms with van der Waals surface area (Å²) < 4.78 is 12.2. The molecule has 1 saturated carbocycles. The van der Waals surface area contributed by atoms with Crippen LogP contribution in [0.25, 0.3) is 0 Å². The molecule has 6 heteroatoms. The molecule has 1 aliphatic carbocycles. The maximum atomic E-state index is 14.5. The number of carbonyl (C=O) groups excluding carboxylic acids is 1. The van der Waals surface area contributed by atoms with Gasteiger partial charge in [0, 0.05) is 12.6 Å². The molecule has 36 heavy (non-hydrogen) atoms. The number of rotatable bonds is 8. The highest BCUT2D eigenvalue weighted by Gasteiger charge is 2.68. The summed E-state index contributed by atoms with van der Waals surface area (Å²) in [6.45, 7) is 11.1. The summed E-state index contributed by atoms with van der Waals surface area (Å²) in [4.78, 5) is 26.2. The number of nitrogens with zero attached hydrogens (tertiary/aromatic N) is 3. The van der Waals surface area contributed by atoms with Crippen molar-refractivity contribution in [3.8, 4) is 5.75 Å². The molecule has 1 aromatic heterocycles. The standard InChI is InChI=1S/C30H37N3O3/c1-6-14-29-19-30(33(28(29)34)18-23-9-7-8-15-31-23)26(32-27(36-30)16-20(2)3)17-25(21(29)4)22-10-12-24(35-5)13-11-22/h6-13,15,20-21,25,27H,1,14,16-19H2,2-5H3/t21-,25+,27-,29+,30+/m1/s1. The molecule has 1 spiro atoms. The van der Waals surface area contributed by atoms with Gasteiger partial charge in [-0.15, -0.1) is 6.58 Å². The molecule has 5 atom stereocenters. The Balaban J connectivity index is 1.63. The van der Waals surface area contributed by atoms with Crippen molar-refractivity contribution in [2.45, 2.75) is 70.9 Å². The summed E-state index contributed by atoms with van der Waals surface area (Å²) in [5.74, 6) is 1.60. The molecule has 0 N–H and O–H groups in total. The van der Waals surface area contributed by atoms with Crippen molar-refractivity contribution in [3.05, 3.63) is 72.6 Å². The van der Waals surface area contributed by atoms with Crippen molar-refractivity contribution in [2.75, 3.05) is 7.11 Å². The summed E-state index contributed by atoms with van der Waals surface area (Å²) in [6.07, 6.45) is 6.22. The number of aromatic nitrogens is 1. The van der Waals surface area contributed by atoms with E-state index in [4.69, 9.17) is 14.5 Å². The predicted molar refractivity (Wildman–Crippen MR) is 141 cm³/mol. The Bertz CT molecular complexity index is 1150. The number of ether oxygens (including phenoxy) is 2. The van der Waals surface area contributed by atoms with Crippen molar-refractivity contribution >= 4 is 11.6 Å². The number of methoxy groups -OCH3 is 1. The van der Waals surface area contributed by atoms with Crippen molar-refractivity contribution in [1.29, 1.82) is 0 Å². The zero-order valence-electron chi connectivity index (χ0n) is 21.8. The van der Waals surface area contributed by atoms with Gasteiger partial charge in [-0.25, -0.2) is 0 Å². The Hall–Kier alpha value is -2.99. The van der Waals surface area contributed by atoms with Crippen molar-refractivity contribution in [3.63, 3.8) is 0 Å². The van der Waals surface area contributed by atoms with E-state index in [0.29, 0.717) is 25.3 Å². The van der Waals surface area contributed by atoms with Crippen LogP contribution in [0.2, 0.25) is 0 Å². The van der Waals surface area contributed by atoms with Gasteiger partial charge < -0.3 is 14.4 Å². The van der Waals surface area contributed by atoms with Crippen LogP contribution in [0.3, 0.4) is 0 Å². The van der Waals surface area contributed by atoms with E-state index in [1.165, 1.54) is 5.56 Å². The van der Waals surface area contributed by atoms with E-state index in [2.05, 4.69) is 44.5 Å². The SMILES string of the molecule is C=CC[C@]12C[C@@]3(O[C@H](CC(C)C)N=C3C[C@H](c3ccc(OC)cc3)[C@H]1C)N(Cc1ccccn1)C2=O. The van der Waals surface area contributed by atoms with Gasteiger partial charge >= 0.3 is 0 Å². The largest absolute Gasteiger partial charge is 0.497 e. The molecule has 6 nitrogen and oxygen atoms in total. The molecule has 1 saturated heterocycles. The third-order valence-corrected chi connectivity index (χ3v) is 8.40. The summed E-state index contributed by atoms with van der Waals surface area (Å²) in [5.41, 5.74) is 1.59. The van der Waals surface area contributed by atoms with Crippen LogP contribution in [0.15, 0.2) is 66.3 Å². The number of allylic oxidation sites excluding steroid dienone is 1. The van der Waals surface area contributed by atoms with E-state index >= 15 is 0 Å². The molecule has 3 aliphatic rings. The summed E-state index contributed by atoms with van der Waals surface area (Å²) in [5, 5.41) is 0. The van der Waals surface area contributed by atoms with Gasteiger partial charge in [0.1, 0.15) is 5.75 Å². The lowest BCUT2D eigenvalue weighted by Crippen LogP contribution is -2.53. The monoisotopic (exact) mass is 487 g/mol. The van der Waals surface area contributed by atoms with Crippen LogP contribution in [-0.4, -0.2) is 40.6 Å². The normalized spacial score (nSPS) is 31.2. The number of fused-ring (bicyclic) bond motifs is 1. The van der Waals surface area contributed by atoms with E-state index < -0.39 is 11.1 Å². The molecule has 5 rings (SSSR count). The van der Waals surface area contributed by atoms with Crippen LogP contribution in [0.4, 0.5) is 0 Å². The lowest BCUT2D eigenvalue weighted by molar-refractivity contribution is -0.153. The fraction of sp³-hybridized carbons (Fsp3) is 0.500. The minimum atomic E-state index is -0.841. The molecule has 2 aromatic rings. The van der Waals surface area contributed by atoms with E-state index in [1.807, 2.05) is 41.3 Å². The lowest BCUT2D eigenvalue weighted by Gasteiger charge is -2.39. The van der Waals surface area contributed by atoms with Gasteiger partial charge in [0.05, 0.1) is 30.5 Å². The minimum absolute atomic E-state index is 0.0717. The molecule has 3 heterocycles. The lowest BCUT2D eigenvalue weighted by atomic mass is 9.66. The molecule has 2 bridgehead atoms. The minimum Gasteiger partial charge on any atom is -0.497 e. The first-order chi connectivity index (χ1) is 17.3. The summed E-state index contributed by atoms with van der Waals surface area (Å²) in [6, 6.07) is 14.1. The van der Waals surface area contributed by atoms with Gasteiger partial charge in [-0.3, -0.25) is 14.8 Å². The molecule has 0 unspecified atom stereocenters. The highest BCUT2D eigenvalue weighted by atomic mass is 16.6. The molecule has 0 radical (unpaired) electrons. The number of pyridine rings is 1. The summed E-state index contributed by atoms with van der Waals surface area (Å²) >= 11 is 0. The molecule has 1 amide bonds. The highest BCUT2D eigenvalue weighted by Crippen LogP contribution is 2.60. The van der Waals surface area contributed by atoms with E-state index in [9.17, 15) is 4.79 Å². The second-order valence-corrected chi connectivity index (χ2v) is 11.0.